The molecule has 0 atom stereocenters. The summed E-state index contributed by atoms with van der Waals surface area (Å²) in [6, 6.07) is 8.41. The Morgan fingerprint density at radius 3 is 3.05 bits per heavy atom. The third-order valence-electron chi connectivity index (χ3n) is 3.63. The molecule has 20 heavy (non-hydrogen) atoms. The van der Waals surface area contributed by atoms with Crippen molar-refractivity contribution >= 4 is 34.1 Å². The Balaban J connectivity index is 1.94. The smallest absolute Gasteiger partial charge is 0.226 e. The quantitative estimate of drug-likeness (QED) is 0.698. The van der Waals surface area contributed by atoms with Crippen LogP contribution in [0.3, 0.4) is 0 Å². The molecule has 0 saturated carbocycles. The van der Waals surface area contributed by atoms with Crippen LogP contribution in [0.15, 0.2) is 30.5 Å². The Labute approximate surface area is 120 Å². The number of hydrogen-bond acceptors (Lipinski definition) is 4. The van der Waals surface area contributed by atoms with E-state index in [9.17, 15) is 0 Å². The second kappa shape index (κ2) is 4.45. The Kier molecular flexibility index (Phi) is 2.60. The molecule has 1 aromatic carbocycles. The van der Waals surface area contributed by atoms with Crippen molar-refractivity contribution in [3.05, 3.63) is 41.3 Å². The fourth-order valence-electron chi connectivity index (χ4n) is 2.75. The average molecular weight is 286 g/mol. The molecule has 5 nitrogen and oxygen atoms in total. The molecule has 1 aliphatic heterocycles. The third kappa shape index (κ3) is 1.74. The molecule has 1 aliphatic rings. The van der Waals surface area contributed by atoms with Crippen LogP contribution in [0.25, 0.3) is 11.0 Å². The number of H-pyrrole nitrogens is 1. The summed E-state index contributed by atoms with van der Waals surface area (Å²) in [7, 11) is 0. The van der Waals surface area contributed by atoms with Crippen LogP contribution in [0.5, 0.6) is 0 Å². The van der Waals surface area contributed by atoms with Gasteiger partial charge in [0.25, 0.3) is 0 Å². The first-order chi connectivity index (χ1) is 9.83. The SMILES string of the molecule is Clc1nc(N2CCCc3ccccc32)c2cn[nH]c2n1. The Morgan fingerprint density at radius 2 is 2.10 bits per heavy atom. The molecule has 0 unspecified atom stereocenters. The zero-order chi connectivity index (χ0) is 13.5. The highest BCUT2D eigenvalue weighted by Crippen LogP contribution is 2.35. The van der Waals surface area contributed by atoms with Gasteiger partial charge in [-0.2, -0.15) is 15.1 Å². The lowest BCUT2D eigenvalue weighted by atomic mass is 10.0. The minimum Gasteiger partial charge on any atom is -0.325 e. The van der Waals surface area contributed by atoms with Crippen LogP contribution in [0.1, 0.15) is 12.0 Å². The first kappa shape index (κ1) is 11.7. The van der Waals surface area contributed by atoms with Gasteiger partial charge < -0.3 is 4.90 Å². The number of aromatic amines is 1. The molecule has 0 aliphatic carbocycles. The molecular formula is C14H12ClN5. The highest BCUT2D eigenvalue weighted by Gasteiger charge is 2.22. The fraction of sp³-hybridized carbons (Fsp3) is 0.214. The largest absolute Gasteiger partial charge is 0.325 e. The van der Waals surface area contributed by atoms with Gasteiger partial charge in [0, 0.05) is 12.2 Å². The van der Waals surface area contributed by atoms with Crippen LogP contribution < -0.4 is 4.90 Å². The number of hydrogen-bond donors (Lipinski definition) is 1. The average Bonchev–Trinajstić information content (AvgIpc) is 2.94. The maximum atomic E-state index is 6.03. The summed E-state index contributed by atoms with van der Waals surface area (Å²) < 4.78 is 0. The molecule has 0 radical (unpaired) electrons. The predicted octanol–water partition coefficient (Wildman–Crippen LogP) is 3.09. The maximum Gasteiger partial charge on any atom is 0.226 e. The van der Waals surface area contributed by atoms with E-state index in [-0.39, 0.29) is 5.28 Å². The van der Waals surface area contributed by atoms with Crippen LogP contribution in [0, 0.1) is 0 Å². The molecule has 2 aromatic heterocycles. The summed E-state index contributed by atoms with van der Waals surface area (Å²) >= 11 is 6.03. The van der Waals surface area contributed by atoms with Crippen molar-refractivity contribution in [2.75, 3.05) is 11.4 Å². The second-order valence-corrected chi connectivity index (χ2v) is 5.17. The summed E-state index contributed by atoms with van der Waals surface area (Å²) in [5.74, 6) is 0.820. The molecule has 100 valence electrons. The summed E-state index contributed by atoms with van der Waals surface area (Å²) in [6.07, 6.45) is 3.94. The van der Waals surface area contributed by atoms with Crippen molar-refractivity contribution < 1.29 is 0 Å². The van der Waals surface area contributed by atoms with Gasteiger partial charge in [0.2, 0.25) is 5.28 Å². The van der Waals surface area contributed by atoms with Crippen molar-refractivity contribution in [2.45, 2.75) is 12.8 Å². The van der Waals surface area contributed by atoms with Crippen LogP contribution >= 0.6 is 11.6 Å². The highest BCUT2D eigenvalue weighted by atomic mass is 35.5. The van der Waals surface area contributed by atoms with E-state index in [0.29, 0.717) is 5.65 Å². The minimum absolute atomic E-state index is 0.236. The Bertz CT molecular complexity index is 782. The lowest BCUT2D eigenvalue weighted by Gasteiger charge is -2.30. The lowest BCUT2D eigenvalue weighted by Crippen LogP contribution is -2.25. The van der Waals surface area contributed by atoms with E-state index in [4.69, 9.17) is 11.6 Å². The number of nitrogens with zero attached hydrogens (tertiary/aromatic N) is 4. The summed E-state index contributed by atoms with van der Waals surface area (Å²) in [6.45, 7) is 0.921. The second-order valence-electron chi connectivity index (χ2n) is 4.83. The van der Waals surface area contributed by atoms with E-state index in [2.05, 4.69) is 43.3 Å². The summed E-state index contributed by atoms with van der Waals surface area (Å²) in [4.78, 5) is 10.8. The van der Waals surface area contributed by atoms with Crippen molar-refractivity contribution in [3.63, 3.8) is 0 Å². The Morgan fingerprint density at radius 1 is 1.20 bits per heavy atom. The number of nitrogens with one attached hydrogen (secondary N) is 1. The molecule has 6 heteroatoms. The van der Waals surface area contributed by atoms with Gasteiger partial charge in [0.05, 0.1) is 11.6 Å². The highest BCUT2D eigenvalue weighted by molar-refractivity contribution is 6.28. The van der Waals surface area contributed by atoms with E-state index < -0.39 is 0 Å². The lowest BCUT2D eigenvalue weighted by molar-refractivity contribution is 0.761. The molecule has 0 amide bonds. The first-order valence-electron chi connectivity index (χ1n) is 6.55. The molecule has 1 N–H and O–H groups in total. The standard InChI is InChI=1S/C14H12ClN5/c15-14-17-12-10(8-16-19-12)13(18-14)20-7-3-5-9-4-1-2-6-11(9)20/h1-2,4,6,8H,3,5,7H2,(H,16,17,18,19). The van der Waals surface area contributed by atoms with Gasteiger partial charge in [-0.25, -0.2) is 0 Å². The van der Waals surface area contributed by atoms with Crippen molar-refractivity contribution in [1.29, 1.82) is 0 Å². The van der Waals surface area contributed by atoms with Crippen molar-refractivity contribution in [1.82, 2.24) is 20.2 Å². The number of halogens is 1. The number of anilines is 2. The normalized spacial score (nSPS) is 14.6. The summed E-state index contributed by atoms with van der Waals surface area (Å²) in [5, 5.41) is 8.02. The minimum atomic E-state index is 0.236. The molecule has 0 fully saturated rings. The van der Waals surface area contributed by atoms with Crippen LogP contribution in [-0.4, -0.2) is 26.7 Å². The first-order valence-corrected chi connectivity index (χ1v) is 6.93. The number of fused-ring (bicyclic) bond motifs is 2. The number of benzene rings is 1. The zero-order valence-electron chi connectivity index (χ0n) is 10.7. The maximum absolute atomic E-state index is 6.03. The third-order valence-corrected chi connectivity index (χ3v) is 3.80. The Hall–Kier alpha value is -2.14. The van der Waals surface area contributed by atoms with Gasteiger partial charge in [-0.1, -0.05) is 18.2 Å². The molecule has 3 heterocycles. The van der Waals surface area contributed by atoms with Gasteiger partial charge in [-0.05, 0) is 36.1 Å². The molecule has 4 rings (SSSR count). The van der Waals surface area contributed by atoms with Gasteiger partial charge in [-0.3, -0.25) is 5.10 Å². The van der Waals surface area contributed by atoms with E-state index in [0.717, 1.165) is 30.6 Å². The van der Waals surface area contributed by atoms with E-state index >= 15 is 0 Å². The van der Waals surface area contributed by atoms with Crippen molar-refractivity contribution in [3.8, 4) is 0 Å². The van der Waals surface area contributed by atoms with Gasteiger partial charge >= 0.3 is 0 Å². The van der Waals surface area contributed by atoms with E-state index in [1.54, 1.807) is 6.20 Å². The molecule has 0 bridgehead atoms. The number of rotatable bonds is 1. The molecular weight excluding hydrogens is 274 g/mol. The van der Waals surface area contributed by atoms with Gasteiger partial charge in [0.15, 0.2) is 5.65 Å². The monoisotopic (exact) mass is 285 g/mol. The summed E-state index contributed by atoms with van der Waals surface area (Å²) in [5.41, 5.74) is 3.20. The number of aryl methyl sites for hydroxylation is 1. The molecule has 0 saturated heterocycles. The number of aromatic nitrogens is 4. The fourth-order valence-corrected chi connectivity index (χ4v) is 2.92. The van der Waals surface area contributed by atoms with Gasteiger partial charge in [-0.15, -0.1) is 0 Å². The van der Waals surface area contributed by atoms with Crippen molar-refractivity contribution in [2.24, 2.45) is 0 Å². The van der Waals surface area contributed by atoms with Crippen LogP contribution in [0.4, 0.5) is 11.5 Å². The number of para-hydroxylation sites is 1. The molecule has 3 aromatic rings. The van der Waals surface area contributed by atoms with Crippen LogP contribution in [0.2, 0.25) is 5.28 Å². The van der Waals surface area contributed by atoms with E-state index in [1.165, 1.54) is 11.3 Å². The molecule has 0 spiro atoms. The zero-order valence-corrected chi connectivity index (χ0v) is 11.4. The van der Waals surface area contributed by atoms with E-state index in [1.807, 2.05) is 6.07 Å². The topological polar surface area (TPSA) is 57.7 Å². The predicted molar refractivity (Wildman–Crippen MR) is 78.5 cm³/mol. The van der Waals surface area contributed by atoms with Gasteiger partial charge in [0.1, 0.15) is 5.82 Å². The van der Waals surface area contributed by atoms with Crippen LogP contribution in [-0.2, 0) is 6.42 Å².